The summed E-state index contributed by atoms with van der Waals surface area (Å²) in [4.78, 5) is 4.95. The number of methoxy groups -OCH3 is 1. The second kappa shape index (κ2) is 5.80. The lowest BCUT2D eigenvalue weighted by atomic mass is 9.99. The summed E-state index contributed by atoms with van der Waals surface area (Å²) in [6.07, 6.45) is 6.77. The molecule has 0 unspecified atom stereocenters. The normalized spacial score (nSPS) is 15.1. The van der Waals surface area contributed by atoms with Crippen molar-refractivity contribution in [1.82, 2.24) is 4.98 Å². The van der Waals surface area contributed by atoms with Gasteiger partial charge >= 0.3 is 0 Å². The second-order valence-electron chi connectivity index (χ2n) is 5.57. The van der Waals surface area contributed by atoms with E-state index in [1.165, 1.54) is 36.1 Å². The monoisotopic (exact) mass is 270 g/mol. The van der Waals surface area contributed by atoms with Crippen molar-refractivity contribution in [3.05, 3.63) is 35.0 Å². The summed E-state index contributed by atoms with van der Waals surface area (Å²) in [6, 6.07) is 6.31. The van der Waals surface area contributed by atoms with E-state index in [2.05, 4.69) is 18.2 Å². The number of para-hydroxylation sites is 1. The second-order valence-corrected chi connectivity index (χ2v) is 5.57. The zero-order valence-electron chi connectivity index (χ0n) is 12.1. The highest BCUT2D eigenvalue weighted by atomic mass is 16.5. The van der Waals surface area contributed by atoms with E-state index in [0.717, 1.165) is 42.5 Å². The zero-order chi connectivity index (χ0) is 13.9. The molecule has 0 spiro atoms. The fourth-order valence-electron chi connectivity index (χ4n) is 3.13. The van der Waals surface area contributed by atoms with E-state index >= 15 is 0 Å². The van der Waals surface area contributed by atoms with Crippen LogP contribution in [0.4, 0.5) is 5.69 Å². The van der Waals surface area contributed by atoms with Crippen molar-refractivity contribution in [2.45, 2.75) is 38.5 Å². The van der Waals surface area contributed by atoms with E-state index in [-0.39, 0.29) is 0 Å². The van der Waals surface area contributed by atoms with Crippen LogP contribution in [-0.2, 0) is 24.0 Å². The van der Waals surface area contributed by atoms with Crippen molar-refractivity contribution in [3.8, 4) is 0 Å². The standard InChI is InChI=1S/C17H22N2O/c1-20-11-10-12-6-5-8-14-16(18)13-7-3-2-4-9-15(13)19-17(12)14/h5-6,8H,2-4,7,9-11H2,1H3,(H2,18,19). The minimum atomic E-state index is 0.720. The number of aromatic nitrogens is 1. The quantitative estimate of drug-likeness (QED) is 0.871. The zero-order valence-corrected chi connectivity index (χ0v) is 12.1. The Kier molecular flexibility index (Phi) is 3.88. The minimum Gasteiger partial charge on any atom is -0.398 e. The van der Waals surface area contributed by atoms with Crippen LogP contribution in [0.15, 0.2) is 18.2 Å². The summed E-state index contributed by atoms with van der Waals surface area (Å²) in [6.45, 7) is 0.720. The Morgan fingerprint density at radius 3 is 2.90 bits per heavy atom. The molecule has 106 valence electrons. The topological polar surface area (TPSA) is 48.1 Å². The molecule has 0 saturated heterocycles. The number of pyridine rings is 1. The van der Waals surface area contributed by atoms with Gasteiger partial charge in [-0.2, -0.15) is 0 Å². The van der Waals surface area contributed by atoms with Gasteiger partial charge in [-0.1, -0.05) is 24.6 Å². The van der Waals surface area contributed by atoms with Crippen LogP contribution in [-0.4, -0.2) is 18.7 Å². The number of hydrogen-bond donors (Lipinski definition) is 1. The minimum absolute atomic E-state index is 0.720. The molecular formula is C17H22N2O. The fraction of sp³-hybridized carbons (Fsp3) is 0.471. The summed E-state index contributed by atoms with van der Waals surface area (Å²) in [5.41, 5.74) is 12.2. The van der Waals surface area contributed by atoms with E-state index in [1.54, 1.807) is 7.11 Å². The third kappa shape index (κ3) is 2.38. The van der Waals surface area contributed by atoms with Crippen molar-refractivity contribution >= 4 is 16.6 Å². The number of anilines is 1. The fourth-order valence-corrected chi connectivity index (χ4v) is 3.13. The average molecular weight is 270 g/mol. The van der Waals surface area contributed by atoms with Crippen molar-refractivity contribution in [3.63, 3.8) is 0 Å². The molecule has 2 N–H and O–H groups in total. The molecule has 3 heteroatoms. The summed E-state index contributed by atoms with van der Waals surface area (Å²) < 4.78 is 5.20. The van der Waals surface area contributed by atoms with Crippen LogP contribution in [0.3, 0.4) is 0 Å². The van der Waals surface area contributed by atoms with Gasteiger partial charge in [0, 0.05) is 23.9 Å². The van der Waals surface area contributed by atoms with Crippen molar-refractivity contribution in [2.75, 3.05) is 19.5 Å². The number of nitrogen functional groups attached to an aromatic ring is 1. The maximum Gasteiger partial charge on any atom is 0.0759 e. The van der Waals surface area contributed by atoms with E-state index in [9.17, 15) is 0 Å². The number of hydrogen-bond acceptors (Lipinski definition) is 3. The molecule has 0 bridgehead atoms. The average Bonchev–Trinajstić information content (AvgIpc) is 2.71. The van der Waals surface area contributed by atoms with Gasteiger partial charge in [-0.05, 0) is 43.2 Å². The van der Waals surface area contributed by atoms with Crippen molar-refractivity contribution in [2.24, 2.45) is 0 Å². The van der Waals surface area contributed by atoms with Gasteiger partial charge in [0.25, 0.3) is 0 Å². The smallest absolute Gasteiger partial charge is 0.0759 e. The van der Waals surface area contributed by atoms with Crippen LogP contribution in [0, 0.1) is 0 Å². The third-order valence-electron chi connectivity index (χ3n) is 4.25. The van der Waals surface area contributed by atoms with Gasteiger partial charge in [0.1, 0.15) is 0 Å². The Labute approximate surface area is 120 Å². The lowest BCUT2D eigenvalue weighted by Gasteiger charge is -2.14. The van der Waals surface area contributed by atoms with Crippen LogP contribution in [0.1, 0.15) is 36.1 Å². The highest BCUT2D eigenvalue weighted by Gasteiger charge is 2.16. The molecule has 1 aromatic heterocycles. The first-order valence-corrected chi connectivity index (χ1v) is 7.49. The van der Waals surface area contributed by atoms with E-state index < -0.39 is 0 Å². The SMILES string of the molecule is COCCc1cccc2c(N)c3c(nc12)CCCCC3. The maximum atomic E-state index is 6.44. The highest BCUT2D eigenvalue weighted by Crippen LogP contribution is 2.31. The Hall–Kier alpha value is -1.61. The predicted molar refractivity (Wildman–Crippen MR) is 83.0 cm³/mol. The lowest BCUT2D eigenvalue weighted by molar-refractivity contribution is 0.202. The van der Waals surface area contributed by atoms with Gasteiger partial charge in [0.05, 0.1) is 12.1 Å². The number of fused-ring (bicyclic) bond motifs is 2. The number of nitrogens with two attached hydrogens (primary N) is 1. The Morgan fingerprint density at radius 1 is 1.20 bits per heavy atom. The number of aryl methyl sites for hydroxylation is 1. The van der Waals surface area contributed by atoms with E-state index in [0.29, 0.717) is 0 Å². The molecule has 0 fully saturated rings. The molecule has 3 rings (SSSR count). The molecule has 0 radical (unpaired) electrons. The molecule has 1 heterocycles. The van der Waals surface area contributed by atoms with Gasteiger partial charge in [-0.25, -0.2) is 0 Å². The summed E-state index contributed by atoms with van der Waals surface area (Å²) in [5.74, 6) is 0. The van der Waals surface area contributed by atoms with Crippen molar-refractivity contribution in [1.29, 1.82) is 0 Å². The molecule has 0 atom stereocenters. The highest BCUT2D eigenvalue weighted by molar-refractivity contribution is 5.94. The van der Waals surface area contributed by atoms with E-state index in [1.807, 2.05) is 0 Å². The molecule has 1 aliphatic rings. The molecule has 1 aliphatic carbocycles. The first-order chi connectivity index (χ1) is 9.81. The van der Waals surface area contributed by atoms with Gasteiger partial charge < -0.3 is 10.5 Å². The number of nitrogens with zero attached hydrogens (tertiary/aromatic N) is 1. The summed E-state index contributed by atoms with van der Waals surface area (Å²) >= 11 is 0. The van der Waals surface area contributed by atoms with Crippen LogP contribution in [0.5, 0.6) is 0 Å². The summed E-state index contributed by atoms with van der Waals surface area (Å²) in [5, 5.41) is 1.11. The summed E-state index contributed by atoms with van der Waals surface area (Å²) in [7, 11) is 1.74. The lowest BCUT2D eigenvalue weighted by Crippen LogP contribution is -2.05. The van der Waals surface area contributed by atoms with E-state index in [4.69, 9.17) is 15.5 Å². The molecular weight excluding hydrogens is 248 g/mol. The Bertz CT molecular complexity index is 622. The molecule has 1 aromatic carbocycles. The predicted octanol–water partition coefficient (Wildman–Crippen LogP) is 3.27. The molecule has 0 amide bonds. The van der Waals surface area contributed by atoms with Crippen LogP contribution >= 0.6 is 0 Å². The molecule has 2 aromatic rings. The van der Waals surface area contributed by atoms with Crippen molar-refractivity contribution < 1.29 is 4.74 Å². The third-order valence-corrected chi connectivity index (χ3v) is 4.25. The Balaban J connectivity index is 2.16. The largest absolute Gasteiger partial charge is 0.398 e. The first-order valence-electron chi connectivity index (χ1n) is 7.49. The van der Waals surface area contributed by atoms with Crippen LogP contribution < -0.4 is 5.73 Å². The first kappa shape index (κ1) is 13.4. The molecule has 3 nitrogen and oxygen atoms in total. The van der Waals surface area contributed by atoms with Gasteiger partial charge in [-0.3, -0.25) is 4.98 Å². The van der Waals surface area contributed by atoms with Crippen LogP contribution in [0.2, 0.25) is 0 Å². The number of rotatable bonds is 3. The molecule has 20 heavy (non-hydrogen) atoms. The maximum absolute atomic E-state index is 6.44. The number of benzene rings is 1. The molecule has 0 aliphatic heterocycles. The van der Waals surface area contributed by atoms with Gasteiger partial charge in [-0.15, -0.1) is 0 Å². The molecule has 0 saturated carbocycles. The van der Waals surface area contributed by atoms with Crippen LogP contribution in [0.25, 0.3) is 10.9 Å². The van der Waals surface area contributed by atoms with Gasteiger partial charge in [0.2, 0.25) is 0 Å². The number of ether oxygens (including phenoxy) is 1. The van der Waals surface area contributed by atoms with Gasteiger partial charge in [0.15, 0.2) is 0 Å². The Morgan fingerprint density at radius 2 is 2.05 bits per heavy atom.